The van der Waals surface area contributed by atoms with Crippen LogP contribution in [0.5, 0.6) is 0 Å². The summed E-state index contributed by atoms with van der Waals surface area (Å²) in [5.41, 5.74) is 5.33. The van der Waals surface area contributed by atoms with Crippen LogP contribution in [0, 0.1) is 0 Å². The number of hydrogen-bond donors (Lipinski definition) is 2. The number of likely N-dealkylation sites (tertiary alicyclic amines) is 1. The van der Waals surface area contributed by atoms with Crippen molar-refractivity contribution in [2.75, 3.05) is 19.6 Å². The van der Waals surface area contributed by atoms with Crippen LogP contribution < -0.4 is 11.1 Å². The first-order chi connectivity index (χ1) is 8.49. The lowest BCUT2D eigenvalue weighted by molar-refractivity contribution is -0.127. The Bertz CT molecular complexity index is 258. The number of carbonyl (C=O) groups excluding carboxylic acids is 1. The first kappa shape index (κ1) is 15.4. The van der Waals surface area contributed by atoms with E-state index in [2.05, 4.69) is 24.1 Å². The second kappa shape index (κ2) is 7.10. The Hall–Kier alpha value is -0.610. The monoisotopic (exact) mass is 255 g/mol. The molecule has 0 saturated carbocycles. The molecule has 0 aromatic rings. The fourth-order valence-corrected chi connectivity index (χ4v) is 2.60. The average molecular weight is 255 g/mol. The maximum Gasteiger partial charge on any atom is 0.240 e. The quantitative estimate of drug-likeness (QED) is 0.756. The molecule has 0 bridgehead atoms. The van der Waals surface area contributed by atoms with Gasteiger partial charge in [0.05, 0.1) is 5.54 Å². The standard InChI is InChI=1S/C14H29N3O/c1-4-8-14(3,15)13(18)16-12-6-10-17(9-5-2)11-7-12/h12H,4-11,15H2,1-3H3,(H,16,18). The maximum absolute atomic E-state index is 12.1. The van der Waals surface area contributed by atoms with Crippen molar-refractivity contribution in [3.63, 3.8) is 0 Å². The lowest BCUT2D eigenvalue weighted by Crippen LogP contribution is -2.55. The number of amides is 1. The summed E-state index contributed by atoms with van der Waals surface area (Å²) in [5.74, 6) is 0.0123. The third-order valence-electron chi connectivity index (χ3n) is 3.75. The van der Waals surface area contributed by atoms with E-state index in [1.165, 1.54) is 13.0 Å². The van der Waals surface area contributed by atoms with E-state index in [1.807, 2.05) is 6.92 Å². The summed E-state index contributed by atoms with van der Waals surface area (Å²) in [7, 11) is 0. The minimum atomic E-state index is -0.713. The predicted molar refractivity (Wildman–Crippen MR) is 75.4 cm³/mol. The molecule has 18 heavy (non-hydrogen) atoms. The highest BCUT2D eigenvalue weighted by atomic mass is 16.2. The summed E-state index contributed by atoms with van der Waals surface area (Å²) < 4.78 is 0. The van der Waals surface area contributed by atoms with Crippen molar-refractivity contribution in [2.45, 2.75) is 64.5 Å². The molecule has 1 aliphatic rings. The number of carbonyl (C=O) groups is 1. The van der Waals surface area contributed by atoms with Gasteiger partial charge in [-0.3, -0.25) is 4.79 Å². The van der Waals surface area contributed by atoms with Crippen LogP contribution >= 0.6 is 0 Å². The molecule has 1 rings (SSSR count). The van der Waals surface area contributed by atoms with Crippen LogP contribution in [0.1, 0.15) is 52.9 Å². The predicted octanol–water partition coefficient (Wildman–Crippen LogP) is 1.49. The van der Waals surface area contributed by atoms with Gasteiger partial charge in [-0.15, -0.1) is 0 Å². The van der Waals surface area contributed by atoms with E-state index in [-0.39, 0.29) is 5.91 Å². The highest BCUT2D eigenvalue weighted by molar-refractivity contribution is 5.85. The van der Waals surface area contributed by atoms with Crippen LogP contribution in [0.3, 0.4) is 0 Å². The van der Waals surface area contributed by atoms with Crippen molar-refractivity contribution in [1.82, 2.24) is 10.2 Å². The molecule has 4 nitrogen and oxygen atoms in total. The minimum Gasteiger partial charge on any atom is -0.352 e. The molecule has 0 spiro atoms. The van der Waals surface area contributed by atoms with Gasteiger partial charge in [0, 0.05) is 19.1 Å². The molecule has 1 aliphatic heterocycles. The molecule has 1 atom stereocenters. The van der Waals surface area contributed by atoms with Gasteiger partial charge in [0.25, 0.3) is 0 Å². The molecule has 1 saturated heterocycles. The Morgan fingerprint density at radius 3 is 2.44 bits per heavy atom. The first-order valence-corrected chi connectivity index (χ1v) is 7.31. The highest BCUT2D eigenvalue weighted by Crippen LogP contribution is 2.13. The zero-order chi connectivity index (χ0) is 13.6. The third-order valence-corrected chi connectivity index (χ3v) is 3.75. The summed E-state index contributed by atoms with van der Waals surface area (Å²) in [6, 6.07) is 0.310. The van der Waals surface area contributed by atoms with Crippen LogP contribution in [-0.4, -0.2) is 42.0 Å². The molecule has 3 N–H and O–H groups in total. The SMILES string of the molecule is CCCN1CCC(NC(=O)C(C)(N)CCC)CC1. The molecule has 1 fully saturated rings. The maximum atomic E-state index is 12.1. The Labute approximate surface area is 111 Å². The average Bonchev–Trinajstić information content (AvgIpc) is 2.32. The van der Waals surface area contributed by atoms with E-state index in [1.54, 1.807) is 0 Å². The van der Waals surface area contributed by atoms with Gasteiger partial charge in [-0.2, -0.15) is 0 Å². The number of rotatable bonds is 6. The van der Waals surface area contributed by atoms with E-state index in [9.17, 15) is 4.79 Å². The summed E-state index contributed by atoms with van der Waals surface area (Å²) in [5, 5.41) is 3.12. The van der Waals surface area contributed by atoms with Crippen LogP contribution in [0.4, 0.5) is 0 Å². The summed E-state index contributed by atoms with van der Waals surface area (Å²) in [4.78, 5) is 14.5. The topological polar surface area (TPSA) is 58.4 Å². The van der Waals surface area contributed by atoms with Crippen LogP contribution in [0.2, 0.25) is 0 Å². The van der Waals surface area contributed by atoms with Crippen molar-refractivity contribution in [1.29, 1.82) is 0 Å². The zero-order valence-corrected chi connectivity index (χ0v) is 12.2. The Morgan fingerprint density at radius 2 is 1.94 bits per heavy atom. The molecule has 0 aromatic heterocycles. The van der Waals surface area contributed by atoms with Crippen LogP contribution in [0.15, 0.2) is 0 Å². The van der Waals surface area contributed by atoms with E-state index < -0.39 is 5.54 Å². The summed E-state index contributed by atoms with van der Waals surface area (Å²) in [6.45, 7) is 9.45. The number of nitrogens with one attached hydrogen (secondary N) is 1. The summed E-state index contributed by atoms with van der Waals surface area (Å²) in [6.07, 6.45) is 4.99. The molecule has 0 radical (unpaired) electrons. The van der Waals surface area contributed by atoms with Gasteiger partial charge in [-0.1, -0.05) is 20.3 Å². The Balaban J connectivity index is 2.34. The van der Waals surface area contributed by atoms with Crippen molar-refractivity contribution in [2.24, 2.45) is 5.73 Å². The van der Waals surface area contributed by atoms with E-state index in [4.69, 9.17) is 5.73 Å². The number of nitrogens with two attached hydrogens (primary N) is 1. The van der Waals surface area contributed by atoms with Gasteiger partial charge in [0.1, 0.15) is 0 Å². The lowest BCUT2D eigenvalue weighted by Gasteiger charge is -2.34. The van der Waals surface area contributed by atoms with Gasteiger partial charge < -0.3 is 16.0 Å². The van der Waals surface area contributed by atoms with Crippen LogP contribution in [0.25, 0.3) is 0 Å². The Kier molecular flexibility index (Phi) is 6.09. The second-order valence-corrected chi connectivity index (χ2v) is 5.76. The molecule has 0 aromatic carbocycles. The van der Waals surface area contributed by atoms with Gasteiger partial charge >= 0.3 is 0 Å². The second-order valence-electron chi connectivity index (χ2n) is 5.76. The molecular weight excluding hydrogens is 226 g/mol. The van der Waals surface area contributed by atoms with Gasteiger partial charge in [-0.25, -0.2) is 0 Å². The number of hydrogen-bond acceptors (Lipinski definition) is 3. The normalized spacial score (nSPS) is 21.6. The molecule has 1 heterocycles. The Morgan fingerprint density at radius 1 is 1.33 bits per heavy atom. The van der Waals surface area contributed by atoms with Crippen molar-refractivity contribution >= 4 is 5.91 Å². The lowest BCUT2D eigenvalue weighted by atomic mass is 9.95. The number of piperidine rings is 1. The molecule has 106 valence electrons. The number of nitrogens with zero attached hydrogens (tertiary/aromatic N) is 1. The summed E-state index contributed by atoms with van der Waals surface area (Å²) >= 11 is 0. The smallest absolute Gasteiger partial charge is 0.240 e. The van der Waals surface area contributed by atoms with E-state index in [0.717, 1.165) is 38.8 Å². The molecule has 0 aliphatic carbocycles. The van der Waals surface area contributed by atoms with Gasteiger partial charge in [0.2, 0.25) is 5.91 Å². The fourth-order valence-electron chi connectivity index (χ4n) is 2.60. The van der Waals surface area contributed by atoms with Crippen molar-refractivity contribution in [3.05, 3.63) is 0 Å². The highest BCUT2D eigenvalue weighted by Gasteiger charge is 2.30. The van der Waals surface area contributed by atoms with Crippen molar-refractivity contribution in [3.8, 4) is 0 Å². The van der Waals surface area contributed by atoms with Crippen LogP contribution in [-0.2, 0) is 4.79 Å². The minimum absolute atomic E-state index is 0.0123. The van der Waals surface area contributed by atoms with E-state index >= 15 is 0 Å². The zero-order valence-electron chi connectivity index (χ0n) is 12.2. The third kappa shape index (κ3) is 4.58. The van der Waals surface area contributed by atoms with E-state index in [0.29, 0.717) is 6.04 Å². The molecule has 1 unspecified atom stereocenters. The molecule has 4 heteroatoms. The van der Waals surface area contributed by atoms with Gasteiger partial charge in [0.15, 0.2) is 0 Å². The first-order valence-electron chi connectivity index (χ1n) is 7.31. The molecule has 1 amide bonds. The molecular formula is C14H29N3O. The van der Waals surface area contributed by atoms with Crippen molar-refractivity contribution < 1.29 is 4.79 Å². The fraction of sp³-hybridized carbons (Fsp3) is 0.929. The largest absolute Gasteiger partial charge is 0.352 e. The van der Waals surface area contributed by atoms with Gasteiger partial charge in [-0.05, 0) is 39.2 Å².